The molecule has 1 saturated heterocycles. The number of aromatic amines is 1. The van der Waals surface area contributed by atoms with E-state index in [1.54, 1.807) is 12.1 Å². The molecule has 3 amide bonds. The monoisotopic (exact) mass is 403 g/mol. The molecule has 10 heteroatoms. The zero-order valence-electron chi connectivity index (χ0n) is 15.0. The van der Waals surface area contributed by atoms with Gasteiger partial charge in [-0.15, -0.1) is 0 Å². The summed E-state index contributed by atoms with van der Waals surface area (Å²) in [6.45, 7) is 0.339. The number of halogens is 3. The van der Waals surface area contributed by atoms with Crippen LogP contribution in [0.4, 0.5) is 23.7 Å². The predicted octanol–water partition coefficient (Wildman–Crippen LogP) is 3.88. The standard InChI is InChI=1S/C19H16F3N5O2/c20-19(21,22)16-14(11-23-25-16)17(28)26-9-4-10-27(26)18(29)24-15-8-3-6-12-5-1-2-7-13(12)15/h1-3,5-8,11H,4,9-10H2,(H,23,25)(H,24,29). The highest BCUT2D eigenvalue weighted by Gasteiger charge is 2.41. The van der Waals surface area contributed by atoms with Crippen LogP contribution >= 0.6 is 0 Å². The number of H-pyrrole nitrogens is 1. The van der Waals surface area contributed by atoms with Gasteiger partial charge in [-0.1, -0.05) is 36.4 Å². The van der Waals surface area contributed by atoms with E-state index in [0.717, 1.165) is 27.0 Å². The van der Waals surface area contributed by atoms with Crippen LogP contribution < -0.4 is 5.32 Å². The first-order valence-corrected chi connectivity index (χ1v) is 8.85. The van der Waals surface area contributed by atoms with Gasteiger partial charge in [0.2, 0.25) is 0 Å². The SMILES string of the molecule is O=C(Nc1cccc2ccccc12)N1CCCN1C(=O)c1cn[nH]c1C(F)(F)F. The van der Waals surface area contributed by atoms with Crippen LogP contribution in [0.3, 0.4) is 0 Å². The molecule has 0 saturated carbocycles. The second-order valence-electron chi connectivity index (χ2n) is 6.52. The van der Waals surface area contributed by atoms with Crippen molar-refractivity contribution in [3.05, 3.63) is 59.9 Å². The molecule has 0 bridgehead atoms. The summed E-state index contributed by atoms with van der Waals surface area (Å²) in [6, 6.07) is 12.3. The van der Waals surface area contributed by atoms with E-state index in [-0.39, 0.29) is 13.1 Å². The van der Waals surface area contributed by atoms with Gasteiger partial charge in [-0.3, -0.25) is 9.89 Å². The van der Waals surface area contributed by atoms with E-state index < -0.39 is 29.4 Å². The van der Waals surface area contributed by atoms with Crippen molar-refractivity contribution in [1.29, 1.82) is 0 Å². The maximum Gasteiger partial charge on any atom is 0.433 e. The quantitative estimate of drug-likeness (QED) is 0.682. The Labute approximate surface area is 163 Å². The lowest BCUT2D eigenvalue weighted by Gasteiger charge is -2.28. The van der Waals surface area contributed by atoms with Crippen molar-refractivity contribution in [2.75, 3.05) is 18.4 Å². The normalized spacial score (nSPS) is 14.4. The number of nitrogens with zero attached hydrogens (tertiary/aromatic N) is 3. The van der Waals surface area contributed by atoms with Crippen LogP contribution in [-0.4, -0.2) is 45.2 Å². The summed E-state index contributed by atoms with van der Waals surface area (Å²) in [7, 11) is 0. The summed E-state index contributed by atoms with van der Waals surface area (Å²) in [5.74, 6) is -0.934. The Kier molecular flexibility index (Phi) is 4.61. The van der Waals surface area contributed by atoms with Gasteiger partial charge in [0.15, 0.2) is 5.69 Å². The minimum Gasteiger partial charge on any atom is -0.306 e. The molecule has 1 aromatic heterocycles. The predicted molar refractivity (Wildman–Crippen MR) is 98.9 cm³/mol. The number of hydrogen-bond acceptors (Lipinski definition) is 3. The van der Waals surface area contributed by atoms with Crippen molar-refractivity contribution in [1.82, 2.24) is 20.2 Å². The second-order valence-corrected chi connectivity index (χ2v) is 6.52. The summed E-state index contributed by atoms with van der Waals surface area (Å²) < 4.78 is 39.3. The molecule has 2 aromatic carbocycles. The fraction of sp³-hybridized carbons (Fsp3) is 0.211. The number of anilines is 1. The lowest BCUT2D eigenvalue weighted by Crippen LogP contribution is -2.47. The van der Waals surface area contributed by atoms with Gasteiger partial charge in [0.25, 0.3) is 5.91 Å². The highest BCUT2D eigenvalue weighted by molar-refractivity contribution is 6.03. The lowest BCUT2D eigenvalue weighted by molar-refractivity contribution is -0.141. The Bertz CT molecular complexity index is 1070. The van der Waals surface area contributed by atoms with Crippen LogP contribution in [0.25, 0.3) is 10.8 Å². The number of hydrazine groups is 1. The zero-order valence-corrected chi connectivity index (χ0v) is 15.0. The van der Waals surface area contributed by atoms with Crippen LogP contribution in [-0.2, 0) is 6.18 Å². The minimum absolute atomic E-state index is 0.129. The summed E-state index contributed by atoms with van der Waals surface area (Å²) >= 11 is 0. The second kappa shape index (κ2) is 7.12. The number of aromatic nitrogens is 2. The number of urea groups is 1. The van der Waals surface area contributed by atoms with Crippen LogP contribution in [0.1, 0.15) is 22.5 Å². The molecule has 1 aliphatic heterocycles. The molecule has 0 atom stereocenters. The summed E-state index contributed by atoms with van der Waals surface area (Å²) in [5, 5.41) is 11.8. The third-order valence-corrected chi connectivity index (χ3v) is 4.68. The molecule has 0 spiro atoms. The van der Waals surface area contributed by atoms with Crippen molar-refractivity contribution >= 4 is 28.4 Å². The van der Waals surface area contributed by atoms with E-state index in [4.69, 9.17) is 0 Å². The third kappa shape index (κ3) is 3.48. The number of amides is 3. The van der Waals surface area contributed by atoms with E-state index >= 15 is 0 Å². The Balaban J connectivity index is 1.58. The number of carbonyl (C=O) groups excluding carboxylic acids is 2. The highest BCUT2D eigenvalue weighted by Crippen LogP contribution is 2.31. The molecule has 1 fully saturated rings. The molecule has 29 heavy (non-hydrogen) atoms. The van der Waals surface area contributed by atoms with Crippen LogP contribution in [0, 0.1) is 0 Å². The van der Waals surface area contributed by atoms with Crippen molar-refractivity contribution in [3.63, 3.8) is 0 Å². The third-order valence-electron chi connectivity index (χ3n) is 4.68. The van der Waals surface area contributed by atoms with Crippen molar-refractivity contribution in [3.8, 4) is 0 Å². The lowest BCUT2D eigenvalue weighted by atomic mass is 10.1. The van der Waals surface area contributed by atoms with Gasteiger partial charge in [0.05, 0.1) is 17.4 Å². The Morgan fingerprint density at radius 2 is 1.76 bits per heavy atom. The van der Waals surface area contributed by atoms with Gasteiger partial charge in [-0.05, 0) is 17.9 Å². The number of fused-ring (bicyclic) bond motifs is 1. The van der Waals surface area contributed by atoms with Gasteiger partial charge in [0, 0.05) is 18.5 Å². The zero-order chi connectivity index (χ0) is 20.6. The van der Waals surface area contributed by atoms with Crippen molar-refractivity contribution < 1.29 is 22.8 Å². The van der Waals surface area contributed by atoms with E-state index in [1.807, 2.05) is 35.4 Å². The first-order chi connectivity index (χ1) is 13.9. The molecule has 0 radical (unpaired) electrons. The number of nitrogens with one attached hydrogen (secondary N) is 2. The molecule has 4 rings (SSSR count). The minimum atomic E-state index is -4.75. The molecule has 2 heterocycles. The average molecular weight is 403 g/mol. The van der Waals surface area contributed by atoms with E-state index in [2.05, 4.69) is 10.4 Å². The molecule has 0 aliphatic carbocycles. The maximum absolute atomic E-state index is 13.1. The average Bonchev–Trinajstić information content (AvgIpc) is 3.37. The molecule has 1 aliphatic rings. The molecule has 2 N–H and O–H groups in total. The number of alkyl halides is 3. The first kappa shape index (κ1) is 18.8. The van der Waals surface area contributed by atoms with Gasteiger partial charge in [0.1, 0.15) is 0 Å². The molecule has 3 aromatic rings. The number of benzene rings is 2. The molecular weight excluding hydrogens is 387 g/mol. The van der Waals surface area contributed by atoms with Crippen molar-refractivity contribution in [2.45, 2.75) is 12.6 Å². The van der Waals surface area contributed by atoms with Gasteiger partial charge >= 0.3 is 12.2 Å². The summed E-state index contributed by atoms with van der Waals surface area (Å²) in [4.78, 5) is 25.5. The summed E-state index contributed by atoms with van der Waals surface area (Å²) in [6.07, 6.45) is -3.48. The van der Waals surface area contributed by atoms with Crippen LogP contribution in [0.5, 0.6) is 0 Å². The van der Waals surface area contributed by atoms with E-state index in [0.29, 0.717) is 12.1 Å². The van der Waals surface area contributed by atoms with Gasteiger partial charge in [-0.2, -0.15) is 18.3 Å². The number of rotatable bonds is 2. The fourth-order valence-corrected chi connectivity index (χ4v) is 3.35. The largest absolute Gasteiger partial charge is 0.433 e. The summed E-state index contributed by atoms with van der Waals surface area (Å²) in [5.41, 5.74) is -1.31. The molecule has 150 valence electrons. The van der Waals surface area contributed by atoms with Gasteiger partial charge < -0.3 is 5.32 Å². The first-order valence-electron chi connectivity index (χ1n) is 8.85. The smallest absolute Gasteiger partial charge is 0.306 e. The molecule has 7 nitrogen and oxygen atoms in total. The highest BCUT2D eigenvalue weighted by atomic mass is 19.4. The van der Waals surface area contributed by atoms with Crippen molar-refractivity contribution in [2.24, 2.45) is 0 Å². The molecular formula is C19H16F3N5O2. The van der Waals surface area contributed by atoms with Crippen LogP contribution in [0.2, 0.25) is 0 Å². The molecule has 0 unspecified atom stereocenters. The topological polar surface area (TPSA) is 81.3 Å². The fourth-order valence-electron chi connectivity index (χ4n) is 3.35. The Hall–Kier alpha value is -3.56. The van der Waals surface area contributed by atoms with E-state index in [9.17, 15) is 22.8 Å². The Morgan fingerprint density at radius 1 is 1.03 bits per heavy atom. The Morgan fingerprint density at radius 3 is 2.55 bits per heavy atom. The number of hydrogen-bond donors (Lipinski definition) is 2. The van der Waals surface area contributed by atoms with E-state index in [1.165, 1.54) is 0 Å². The van der Waals surface area contributed by atoms with Gasteiger partial charge in [-0.25, -0.2) is 14.8 Å². The number of carbonyl (C=O) groups is 2. The maximum atomic E-state index is 13.1. The van der Waals surface area contributed by atoms with Crippen LogP contribution in [0.15, 0.2) is 48.7 Å².